The number of aromatic carboxylic acids is 1. The van der Waals surface area contributed by atoms with Crippen molar-refractivity contribution in [3.63, 3.8) is 0 Å². The van der Waals surface area contributed by atoms with E-state index < -0.39 is 5.97 Å². The number of aryl methyl sites for hydroxylation is 1. The van der Waals surface area contributed by atoms with E-state index in [1.54, 1.807) is 19.1 Å². The summed E-state index contributed by atoms with van der Waals surface area (Å²) in [4.78, 5) is 17.4. The molecule has 1 aromatic rings. The third-order valence-electron chi connectivity index (χ3n) is 3.45. The van der Waals surface area contributed by atoms with Gasteiger partial charge in [-0.1, -0.05) is 0 Å². The average molecular weight is 250 g/mol. The minimum Gasteiger partial charge on any atom is -0.478 e. The first kappa shape index (κ1) is 12.8. The van der Waals surface area contributed by atoms with Crippen molar-refractivity contribution < 1.29 is 15.0 Å². The molecule has 0 saturated heterocycles. The summed E-state index contributed by atoms with van der Waals surface area (Å²) in [6, 6.07) is 3.74. The summed E-state index contributed by atoms with van der Waals surface area (Å²) in [5, 5.41) is 18.1. The number of hydrogen-bond donors (Lipinski definition) is 2. The lowest BCUT2D eigenvalue weighted by molar-refractivity contribution is 0.0695. The molecule has 1 aromatic heterocycles. The summed E-state index contributed by atoms with van der Waals surface area (Å²) in [6.07, 6.45) is 3.43. The Kier molecular flexibility index (Phi) is 3.81. The van der Waals surface area contributed by atoms with E-state index in [1.807, 2.05) is 0 Å². The first-order valence-electron chi connectivity index (χ1n) is 6.22. The van der Waals surface area contributed by atoms with Crippen LogP contribution in [0.2, 0.25) is 0 Å². The molecule has 18 heavy (non-hydrogen) atoms. The highest BCUT2D eigenvalue weighted by molar-refractivity contribution is 5.89. The smallest absolute Gasteiger partial charge is 0.337 e. The zero-order chi connectivity index (χ0) is 13.1. The van der Waals surface area contributed by atoms with Crippen LogP contribution in [0.15, 0.2) is 12.1 Å². The summed E-state index contributed by atoms with van der Waals surface area (Å²) in [5.74, 6) is -0.194. The first-order chi connectivity index (χ1) is 8.63. The van der Waals surface area contributed by atoms with Gasteiger partial charge in [0.25, 0.3) is 0 Å². The topological polar surface area (TPSA) is 73.7 Å². The number of rotatable bonds is 5. The van der Waals surface area contributed by atoms with Gasteiger partial charge in [0.05, 0.1) is 17.9 Å². The summed E-state index contributed by atoms with van der Waals surface area (Å²) in [5.41, 5.74) is 0.749. The number of carboxylic acids is 1. The van der Waals surface area contributed by atoms with Crippen molar-refractivity contribution in [1.29, 1.82) is 0 Å². The van der Waals surface area contributed by atoms with Crippen molar-refractivity contribution >= 4 is 11.8 Å². The molecule has 0 aliphatic heterocycles. The standard InChI is InChI=1S/C13H18N2O3/c1-9-11(13(17)18)5-6-12(14-9)15(7-8-16)10-3-2-4-10/h5-6,10,16H,2-4,7-8H2,1H3,(H,17,18). The second-order valence-electron chi connectivity index (χ2n) is 4.61. The van der Waals surface area contributed by atoms with Gasteiger partial charge in [0.15, 0.2) is 0 Å². The zero-order valence-corrected chi connectivity index (χ0v) is 10.5. The summed E-state index contributed by atoms with van der Waals surface area (Å²) in [7, 11) is 0. The Labute approximate surface area is 106 Å². The molecular weight excluding hydrogens is 232 g/mol. The van der Waals surface area contributed by atoms with Gasteiger partial charge in [-0.25, -0.2) is 9.78 Å². The highest BCUT2D eigenvalue weighted by atomic mass is 16.4. The maximum atomic E-state index is 10.9. The molecule has 0 unspecified atom stereocenters. The van der Waals surface area contributed by atoms with Gasteiger partial charge in [0.1, 0.15) is 5.82 Å². The van der Waals surface area contributed by atoms with Crippen LogP contribution in [-0.2, 0) is 0 Å². The highest BCUT2D eigenvalue weighted by Gasteiger charge is 2.26. The number of pyridine rings is 1. The lowest BCUT2D eigenvalue weighted by Gasteiger charge is -2.38. The van der Waals surface area contributed by atoms with E-state index in [0.29, 0.717) is 18.3 Å². The van der Waals surface area contributed by atoms with Gasteiger partial charge >= 0.3 is 5.97 Å². The fourth-order valence-electron chi connectivity index (χ4n) is 2.22. The average Bonchev–Trinajstić information content (AvgIpc) is 2.25. The molecule has 1 saturated carbocycles. The number of aliphatic hydroxyl groups excluding tert-OH is 1. The van der Waals surface area contributed by atoms with Crippen LogP contribution in [0.1, 0.15) is 35.3 Å². The molecule has 1 fully saturated rings. The Hall–Kier alpha value is -1.62. The molecular formula is C13H18N2O3. The first-order valence-corrected chi connectivity index (χ1v) is 6.22. The van der Waals surface area contributed by atoms with Gasteiger partial charge in [-0.3, -0.25) is 0 Å². The molecule has 2 rings (SSSR count). The molecule has 5 heteroatoms. The van der Waals surface area contributed by atoms with Crippen LogP contribution in [-0.4, -0.2) is 40.4 Å². The molecule has 2 N–H and O–H groups in total. The third kappa shape index (κ3) is 2.46. The number of anilines is 1. The van der Waals surface area contributed by atoms with Crippen molar-refractivity contribution in [2.24, 2.45) is 0 Å². The number of carbonyl (C=O) groups is 1. The quantitative estimate of drug-likeness (QED) is 0.827. The number of carboxylic acid groups (broad SMARTS) is 1. The fourth-order valence-corrected chi connectivity index (χ4v) is 2.22. The van der Waals surface area contributed by atoms with Crippen molar-refractivity contribution in [3.05, 3.63) is 23.4 Å². The Morgan fingerprint density at radius 1 is 1.50 bits per heavy atom. The Bertz CT molecular complexity index is 444. The number of hydrogen-bond acceptors (Lipinski definition) is 4. The molecule has 5 nitrogen and oxygen atoms in total. The summed E-state index contributed by atoms with van der Waals surface area (Å²) >= 11 is 0. The molecule has 98 valence electrons. The van der Waals surface area contributed by atoms with Crippen LogP contribution in [0.25, 0.3) is 0 Å². The second kappa shape index (κ2) is 5.35. The molecule has 0 bridgehead atoms. The fraction of sp³-hybridized carbons (Fsp3) is 0.538. The highest BCUT2D eigenvalue weighted by Crippen LogP contribution is 2.28. The van der Waals surface area contributed by atoms with Gasteiger partial charge in [-0.2, -0.15) is 0 Å². The molecule has 0 amide bonds. The third-order valence-corrected chi connectivity index (χ3v) is 3.45. The number of nitrogens with zero attached hydrogens (tertiary/aromatic N) is 2. The molecule has 1 aliphatic rings. The Morgan fingerprint density at radius 3 is 2.67 bits per heavy atom. The van der Waals surface area contributed by atoms with Crippen LogP contribution in [0.3, 0.4) is 0 Å². The Morgan fingerprint density at radius 2 is 2.22 bits per heavy atom. The lowest BCUT2D eigenvalue weighted by atomic mass is 9.91. The van der Waals surface area contributed by atoms with E-state index in [4.69, 9.17) is 10.2 Å². The molecule has 0 aromatic carbocycles. The summed E-state index contributed by atoms with van der Waals surface area (Å²) < 4.78 is 0. The Balaban J connectivity index is 2.24. The van der Waals surface area contributed by atoms with Crippen LogP contribution < -0.4 is 4.90 Å². The number of aromatic nitrogens is 1. The van der Waals surface area contributed by atoms with Crippen molar-refractivity contribution in [2.75, 3.05) is 18.1 Å². The number of aliphatic hydroxyl groups is 1. The van der Waals surface area contributed by atoms with Crippen LogP contribution in [0, 0.1) is 6.92 Å². The van der Waals surface area contributed by atoms with E-state index >= 15 is 0 Å². The van der Waals surface area contributed by atoms with Gasteiger partial charge in [0, 0.05) is 12.6 Å². The van der Waals surface area contributed by atoms with Gasteiger partial charge in [0.2, 0.25) is 0 Å². The van der Waals surface area contributed by atoms with E-state index in [1.165, 1.54) is 6.42 Å². The normalized spacial score (nSPS) is 15.2. The van der Waals surface area contributed by atoms with Gasteiger partial charge in [-0.05, 0) is 38.3 Å². The van der Waals surface area contributed by atoms with Crippen LogP contribution >= 0.6 is 0 Å². The predicted octanol–water partition coefficient (Wildman–Crippen LogP) is 1.44. The maximum Gasteiger partial charge on any atom is 0.337 e. The molecule has 1 aliphatic carbocycles. The van der Waals surface area contributed by atoms with E-state index in [9.17, 15) is 4.79 Å². The largest absolute Gasteiger partial charge is 0.478 e. The van der Waals surface area contributed by atoms with Crippen molar-refractivity contribution in [2.45, 2.75) is 32.2 Å². The minimum absolute atomic E-state index is 0.0813. The predicted molar refractivity (Wildman–Crippen MR) is 68.0 cm³/mol. The SMILES string of the molecule is Cc1nc(N(CCO)C2CCC2)ccc1C(=O)O. The molecule has 0 spiro atoms. The molecule has 1 heterocycles. The van der Waals surface area contributed by atoms with Crippen LogP contribution in [0.4, 0.5) is 5.82 Å². The van der Waals surface area contributed by atoms with Crippen molar-refractivity contribution in [3.8, 4) is 0 Å². The van der Waals surface area contributed by atoms with E-state index in [0.717, 1.165) is 18.7 Å². The van der Waals surface area contributed by atoms with E-state index in [-0.39, 0.29) is 12.2 Å². The van der Waals surface area contributed by atoms with Crippen molar-refractivity contribution in [1.82, 2.24) is 4.98 Å². The van der Waals surface area contributed by atoms with Crippen LogP contribution in [0.5, 0.6) is 0 Å². The van der Waals surface area contributed by atoms with E-state index in [2.05, 4.69) is 9.88 Å². The lowest BCUT2D eigenvalue weighted by Crippen LogP contribution is -2.42. The summed E-state index contributed by atoms with van der Waals surface area (Å²) in [6.45, 7) is 2.33. The van der Waals surface area contributed by atoms with Gasteiger partial charge in [-0.15, -0.1) is 0 Å². The second-order valence-corrected chi connectivity index (χ2v) is 4.61. The maximum absolute atomic E-state index is 10.9. The zero-order valence-electron chi connectivity index (χ0n) is 10.5. The van der Waals surface area contributed by atoms with Gasteiger partial charge < -0.3 is 15.1 Å². The minimum atomic E-state index is -0.955. The monoisotopic (exact) mass is 250 g/mol. The molecule has 0 atom stereocenters. The molecule has 0 radical (unpaired) electrons.